The fourth-order valence-corrected chi connectivity index (χ4v) is 2.55. The molecule has 0 radical (unpaired) electrons. The van der Waals surface area contributed by atoms with Crippen LogP contribution in [0.2, 0.25) is 0 Å². The van der Waals surface area contributed by atoms with Crippen LogP contribution in [0.15, 0.2) is 18.2 Å². The summed E-state index contributed by atoms with van der Waals surface area (Å²) in [6.07, 6.45) is 4.95. The minimum absolute atomic E-state index is 0. The van der Waals surface area contributed by atoms with E-state index in [4.69, 9.17) is 10.5 Å². The molecule has 0 aliphatic heterocycles. The fraction of sp³-hybridized carbons (Fsp3) is 0.538. The van der Waals surface area contributed by atoms with Crippen LogP contribution in [-0.4, -0.2) is 12.2 Å². The molecule has 17 heavy (non-hydrogen) atoms. The molecule has 1 aliphatic rings. The predicted octanol–water partition coefficient (Wildman–Crippen LogP) is 3.01. The first-order valence-corrected chi connectivity index (χ1v) is 5.85. The summed E-state index contributed by atoms with van der Waals surface area (Å²) in [4.78, 5) is 0. The maximum Gasteiger partial charge on any atom is 0.127 e. The quantitative estimate of drug-likeness (QED) is 0.875. The van der Waals surface area contributed by atoms with Crippen molar-refractivity contribution in [2.24, 2.45) is 11.7 Å². The number of rotatable bonds is 3. The first-order chi connectivity index (χ1) is 7.72. The van der Waals surface area contributed by atoms with E-state index in [1.165, 1.54) is 25.7 Å². The van der Waals surface area contributed by atoms with Gasteiger partial charge in [-0.3, -0.25) is 0 Å². The summed E-state index contributed by atoms with van der Waals surface area (Å²) >= 11 is 0. The van der Waals surface area contributed by atoms with Crippen molar-refractivity contribution in [3.05, 3.63) is 23.8 Å². The number of halogens is 1. The Hall–Kier alpha value is -0.930. The Bertz CT molecular complexity index is 364. The maximum atomic E-state index is 9.39. The molecule has 1 aromatic carbocycles. The molecule has 1 atom stereocenters. The van der Waals surface area contributed by atoms with Crippen LogP contribution in [0.25, 0.3) is 0 Å². The van der Waals surface area contributed by atoms with E-state index in [2.05, 4.69) is 0 Å². The van der Waals surface area contributed by atoms with Crippen LogP contribution in [0.5, 0.6) is 11.5 Å². The second-order valence-electron chi connectivity index (χ2n) is 4.50. The Balaban J connectivity index is 0.00000144. The fourth-order valence-electron chi connectivity index (χ4n) is 2.55. The molecule has 0 heterocycles. The van der Waals surface area contributed by atoms with Gasteiger partial charge in [-0.25, -0.2) is 0 Å². The van der Waals surface area contributed by atoms with E-state index in [0.717, 1.165) is 5.56 Å². The number of ether oxygens (including phenoxy) is 1. The molecule has 4 heteroatoms. The molecule has 0 aromatic heterocycles. The first-order valence-electron chi connectivity index (χ1n) is 5.85. The molecule has 1 saturated carbocycles. The third-order valence-electron chi connectivity index (χ3n) is 3.48. The van der Waals surface area contributed by atoms with Crippen molar-refractivity contribution in [2.45, 2.75) is 31.7 Å². The SMILES string of the molecule is COc1cc(O)ccc1[C@@H](N)C1CCCC1.Cl. The van der Waals surface area contributed by atoms with Gasteiger partial charge in [0.1, 0.15) is 11.5 Å². The van der Waals surface area contributed by atoms with Crippen molar-refractivity contribution in [3.63, 3.8) is 0 Å². The van der Waals surface area contributed by atoms with Crippen LogP contribution in [0.3, 0.4) is 0 Å². The summed E-state index contributed by atoms with van der Waals surface area (Å²) in [7, 11) is 1.61. The average Bonchev–Trinajstić information content (AvgIpc) is 2.81. The predicted molar refractivity (Wildman–Crippen MR) is 70.8 cm³/mol. The molecule has 0 unspecified atom stereocenters. The normalized spacial score (nSPS) is 17.5. The highest BCUT2D eigenvalue weighted by atomic mass is 35.5. The van der Waals surface area contributed by atoms with E-state index in [1.54, 1.807) is 19.2 Å². The molecule has 96 valence electrons. The van der Waals surface area contributed by atoms with E-state index in [0.29, 0.717) is 11.7 Å². The summed E-state index contributed by atoms with van der Waals surface area (Å²) in [6, 6.07) is 5.20. The second kappa shape index (κ2) is 6.12. The van der Waals surface area contributed by atoms with Gasteiger partial charge in [-0.1, -0.05) is 18.9 Å². The van der Waals surface area contributed by atoms with Gasteiger partial charge >= 0.3 is 0 Å². The van der Waals surface area contributed by atoms with Gasteiger partial charge in [0.05, 0.1) is 7.11 Å². The average molecular weight is 258 g/mol. The summed E-state index contributed by atoms with van der Waals surface area (Å²) in [6.45, 7) is 0. The minimum Gasteiger partial charge on any atom is -0.508 e. The molecule has 3 nitrogen and oxygen atoms in total. The molecule has 0 amide bonds. The molecule has 3 N–H and O–H groups in total. The standard InChI is InChI=1S/C13H19NO2.ClH/c1-16-12-8-10(15)6-7-11(12)13(14)9-4-2-3-5-9;/h6-9,13,15H,2-5,14H2,1H3;1H/t13-;/m0./s1. The van der Waals surface area contributed by atoms with Crippen LogP contribution < -0.4 is 10.5 Å². The smallest absolute Gasteiger partial charge is 0.127 e. The Morgan fingerprint density at radius 1 is 1.35 bits per heavy atom. The number of hydrogen-bond donors (Lipinski definition) is 2. The van der Waals surface area contributed by atoms with Crippen LogP contribution in [0.4, 0.5) is 0 Å². The van der Waals surface area contributed by atoms with Crippen LogP contribution in [0.1, 0.15) is 37.3 Å². The van der Waals surface area contributed by atoms with Crippen LogP contribution in [0, 0.1) is 5.92 Å². The largest absolute Gasteiger partial charge is 0.508 e. The van der Waals surface area contributed by atoms with Crippen molar-refractivity contribution >= 4 is 12.4 Å². The van der Waals surface area contributed by atoms with Crippen LogP contribution in [-0.2, 0) is 0 Å². The highest BCUT2D eigenvalue weighted by molar-refractivity contribution is 5.85. The van der Waals surface area contributed by atoms with Gasteiger partial charge in [0.15, 0.2) is 0 Å². The molecular weight excluding hydrogens is 238 g/mol. The van der Waals surface area contributed by atoms with E-state index >= 15 is 0 Å². The van der Waals surface area contributed by atoms with Crippen molar-refractivity contribution < 1.29 is 9.84 Å². The number of phenolic OH excluding ortho intramolecular Hbond substituents is 1. The summed E-state index contributed by atoms with van der Waals surface area (Å²) in [5.41, 5.74) is 7.27. The van der Waals surface area contributed by atoms with Crippen molar-refractivity contribution in [3.8, 4) is 11.5 Å². The molecule has 2 rings (SSSR count). The summed E-state index contributed by atoms with van der Waals surface area (Å²) < 4.78 is 5.27. The Morgan fingerprint density at radius 2 is 2.00 bits per heavy atom. The van der Waals surface area contributed by atoms with E-state index < -0.39 is 0 Å². The Morgan fingerprint density at radius 3 is 2.59 bits per heavy atom. The number of hydrogen-bond acceptors (Lipinski definition) is 3. The lowest BCUT2D eigenvalue weighted by molar-refractivity contribution is 0.380. The highest BCUT2D eigenvalue weighted by Crippen LogP contribution is 2.38. The monoisotopic (exact) mass is 257 g/mol. The third kappa shape index (κ3) is 3.05. The lowest BCUT2D eigenvalue weighted by Gasteiger charge is -2.21. The topological polar surface area (TPSA) is 55.5 Å². The molecular formula is C13H20ClNO2. The van der Waals surface area contributed by atoms with Gasteiger partial charge in [0, 0.05) is 17.7 Å². The second-order valence-corrected chi connectivity index (χ2v) is 4.50. The van der Waals surface area contributed by atoms with Gasteiger partial charge in [-0.05, 0) is 24.8 Å². The van der Waals surface area contributed by atoms with Gasteiger partial charge in [0.2, 0.25) is 0 Å². The van der Waals surface area contributed by atoms with Gasteiger partial charge in [0.25, 0.3) is 0 Å². The first kappa shape index (κ1) is 14.1. The number of aromatic hydroxyl groups is 1. The number of benzene rings is 1. The Labute approximate surface area is 108 Å². The molecule has 1 aliphatic carbocycles. The van der Waals surface area contributed by atoms with Gasteiger partial charge < -0.3 is 15.6 Å². The van der Waals surface area contributed by atoms with Crippen molar-refractivity contribution in [2.75, 3.05) is 7.11 Å². The molecule has 0 saturated heterocycles. The van der Waals surface area contributed by atoms with E-state index in [1.807, 2.05) is 6.07 Å². The molecule has 1 fully saturated rings. The summed E-state index contributed by atoms with van der Waals surface area (Å²) in [5, 5.41) is 9.39. The minimum atomic E-state index is 0. The number of methoxy groups -OCH3 is 1. The zero-order valence-electron chi connectivity index (χ0n) is 10.1. The van der Waals surface area contributed by atoms with Crippen LogP contribution >= 0.6 is 12.4 Å². The lowest BCUT2D eigenvalue weighted by Crippen LogP contribution is -2.19. The van der Waals surface area contributed by atoms with Gasteiger partial charge in [-0.15, -0.1) is 12.4 Å². The molecule has 0 spiro atoms. The maximum absolute atomic E-state index is 9.39. The van der Waals surface area contributed by atoms with E-state index in [-0.39, 0.29) is 24.2 Å². The number of nitrogens with two attached hydrogens (primary N) is 1. The zero-order chi connectivity index (χ0) is 11.5. The van der Waals surface area contributed by atoms with Gasteiger partial charge in [-0.2, -0.15) is 0 Å². The molecule has 1 aromatic rings. The summed E-state index contributed by atoms with van der Waals surface area (Å²) in [5.74, 6) is 1.47. The Kier molecular flexibility index (Phi) is 5.09. The zero-order valence-corrected chi connectivity index (χ0v) is 10.9. The lowest BCUT2D eigenvalue weighted by atomic mass is 9.92. The highest BCUT2D eigenvalue weighted by Gasteiger charge is 2.25. The number of phenols is 1. The van der Waals surface area contributed by atoms with E-state index in [9.17, 15) is 5.11 Å². The van der Waals surface area contributed by atoms with Crippen molar-refractivity contribution in [1.82, 2.24) is 0 Å². The third-order valence-corrected chi connectivity index (χ3v) is 3.48. The van der Waals surface area contributed by atoms with Crippen molar-refractivity contribution in [1.29, 1.82) is 0 Å². The molecule has 0 bridgehead atoms.